The number of hydrogen-bond donors (Lipinski definition) is 1. The molecule has 1 aliphatic carbocycles. The Morgan fingerprint density at radius 1 is 1.22 bits per heavy atom. The standard InChI is InChI=1S/C16H25NO/c1-3-4-5-10-18-15-8-6-14(7-9-15)12-17-16-11-13(16)2/h6-9,13,16-17H,3-5,10-12H2,1-2H3. The van der Waals surface area contributed by atoms with E-state index in [-0.39, 0.29) is 0 Å². The van der Waals surface area contributed by atoms with Crippen molar-refractivity contribution >= 4 is 0 Å². The number of rotatable bonds is 8. The molecule has 0 heterocycles. The van der Waals surface area contributed by atoms with Crippen molar-refractivity contribution in [2.75, 3.05) is 6.61 Å². The van der Waals surface area contributed by atoms with E-state index in [2.05, 4.69) is 43.4 Å². The van der Waals surface area contributed by atoms with Gasteiger partial charge >= 0.3 is 0 Å². The Labute approximate surface area is 111 Å². The number of benzene rings is 1. The molecule has 0 saturated heterocycles. The Bertz CT molecular complexity index is 347. The maximum absolute atomic E-state index is 5.70. The van der Waals surface area contributed by atoms with Crippen LogP contribution in [0.4, 0.5) is 0 Å². The Balaban J connectivity index is 1.68. The Kier molecular flexibility index (Phi) is 5.06. The minimum Gasteiger partial charge on any atom is -0.494 e. The third-order valence-corrected chi connectivity index (χ3v) is 3.62. The van der Waals surface area contributed by atoms with Crippen molar-refractivity contribution in [2.24, 2.45) is 5.92 Å². The maximum atomic E-state index is 5.70. The van der Waals surface area contributed by atoms with Gasteiger partial charge in [0.2, 0.25) is 0 Å². The number of unbranched alkanes of at least 4 members (excludes halogenated alkanes) is 2. The van der Waals surface area contributed by atoms with Gasteiger partial charge in [-0.1, -0.05) is 38.8 Å². The van der Waals surface area contributed by atoms with Crippen LogP contribution in [0.2, 0.25) is 0 Å². The summed E-state index contributed by atoms with van der Waals surface area (Å²) >= 11 is 0. The summed E-state index contributed by atoms with van der Waals surface area (Å²) in [6.45, 7) is 6.32. The second kappa shape index (κ2) is 6.79. The zero-order valence-corrected chi connectivity index (χ0v) is 11.6. The second-order valence-corrected chi connectivity index (χ2v) is 5.40. The average Bonchev–Trinajstić information content (AvgIpc) is 3.10. The summed E-state index contributed by atoms with van der Waals surface area (Å²) in [5.41, 5.74) is 1.34. The van der Waals surface area contributed by atoms with Gasteiger partial charge in [-0.25, -0.2) is 0 Å². The predicted molar refractivity (Wildman–Crippen MR) is 75.9 cm³/mol. The summed E-state index contributed by atoms with van der Waals surface area (Å²) in [6.07, 6.45) is 4.98. The summed E-state index contributed by atoms with van der Waals surface area (Å²) in [6, 6.07) is 9.23. The van der Waals surface area contributed by atoms with E-state index in [9.17, 15) is 0 Å². The van der Waals surface area contributed by atoms with Crippen LogP contribution in [-0.4, -0.2) is 12.6 Å². The van der Waals surface area contributed by atoms with Crippen molar-refractivity contribution < 1.29 is 4.74 Å². The largest absolute Gasteiger partial charge is 0.494 e. The fourth-order valence-electron chi connectivity index (χ4n) is 2.10. The smallest absolute Gasteiger partial charge is 0.119 e. The fraction of sp³-hybridized carbons (Fsp3) is 0.625. The fourth-order valence-corrected chi connectivity index (χ4v) is 2.10. The summed E-state index contributed by atoms with van der Waals surface area (Å²) in [5.74, 6) is 1.86. The van der Waals surface area contributed by atoms with Crippen LogP contribution < -0.4 is 10.1 Å². The SMILES string of the molecule is CCCCCOc1ccc(CNC2CC2C)cc1. The predicted octanol–water partition coefficient (Wildman–Crippen LogP) is 3.75. The van der Waals surface area contributed by atoms with Crippen LogP contribution in [0.25, 0.3) is 0 Å². The van der Waals surface area contributed by atoms with Crippen molar-refractivity contribution in [3.63, 3.8) is 0 Å². The van der Waals surface area contributed by atoms with Gasteiger partial charge in [0.05, 0.1) is 6.61 Å². The molecule has 1 aliphatic rings. The van der Waals surface area contributed by atoms with Gasteiger partial charge in [-0.3, -0.25) is 0 Å². The second-order valence-electron chi connectivity index (χ2n) is 5.40. The summed E-state index contributed by atoms with van der Waals surface area (Å²) < 4.78 is 5.70. The molecule has 2 rings (SSSR count). The Morgan fingerprint density at radius 3 is 2.56 bits per heavy atom. The summed E-state index contributed by atoms with van der Waals surface area (Å²) in [7, 11) is 0. The minimum absolute atomic E-state index is 0.745. The molecule has 1 aromatic rings. The average molecular weight is 247 g/mol. The molecule has 1 aromatic carbocycles. The van der Waals surface area contributed by atoms with E-state index in [1.807, 2.05) is 0 Å². The molecule has 18 heavy (non-hydrogen) atoms. The molecular formula is C16H25NO. The highest BCUT2D eigenvalue weighted by Gasteiger charge is 2.31. The molecule has 0 bridgehead atoms. The van der Waals surface area contributed by atoms with Gasteiger partial charge in [0.1, 0.15) is 5.75 Å². The third-order valence-electron chi connectivity index (χ3n) is 3.62. The third kappa shape index (κ3) is 4.34. The summed E-state index contributed by atoms with van der Waals surface area (Å²) in [5, 5.41) is 3.56. The molecule has 1 N–H and O–H groups in total. The van der Waals surface area contributed by atoms with E-state index in [0.29, 0.717) is 0 Å². The normalized spacial score (nSPS) is 21.9. The first-order valence-corrected chi connectivity index (χ1v) is 7.24. The number of ether oxygens (including phenoxy) is 1. The van der Waals surface area contributed by atoms with Gasteiger partial charge in [0.15, 0.2) is 0 Å². The van der Waals surface area contributed by atoms with Crippen LogP contribution in [0, 0.1) is 5.92 Å². The lowest BCUT2D eigenvalue weighted by Crippen LogP contribution is -2.16. The molecule has 0 amide bonds. The first-order valence-electron chi connectivity index (χ1n) is 7.24. The van der Waals surface area contributed by atoms with E-state index < -0.39 is 0 Å². The molecule has 0 radical (unpaired) electrons. The molecule has 1 fully saturated rings. The van der Waals surface area contributed by atoms with Gasteiger partial charge in [-0.05, 0) is 36.5 Å². The van der Waals surface area contributed by atoms with Gasteiger partial charge in [-0.15, -0.1) is 0 Å². The monoisotopic (exact) mass is 247 g/mol. The molecule has 0 aliphatic heterocycles. The van der Waals surface area contributed by atoms with E-state index in [0.717, 1.165) is 37.3 Å². The van der Waals surface area contributed by atoms with Crippen molar-refractivity contribution in [2.45, 2.75) is 52.1 Å². The Hall–Kier alpha value is -1.02. The van der Waals surface area contributed by atoms with Crippen LogP contribution in [-0.2, 0) is 6.54 Å². The van der Waals surface area contributed by atoms with Crippen LogP contribution >= 0.6 is 0 Å². The molecule has 0 spiro atoms. The van der Waals surface area contributed by atoms with Crippen molar-refractivity contribution in [1.29, 1.82) is 0 Å². The van der Waals surface area contributed by atoms with Gasteiger partial charge in [0, 0.05) is 12.6 Å². The molecule has 100 valence electrons. The lowest BCUT2D eigenvalue weighted by molar-refractivity contribution is 0.306. The first kappa shape index (κ1) is 13.4. The quantitative estimate of drug-likeness (QED) is 0.706. The topological polar surface area (TPSA) is 21.3 Å². The van der Waals surface area contributed by atoms with Gasteiger partial charge < -0.3 is 10.1 Å². The van der Waals surface area contributed by atoms with Crippen molar-refractivity contribution in [3.05, 3.63) is 29.8 Å². The van der Waals surface area contributed by atoms with Crippen LogP contribution in [0.15, 0.2) is 24.3 Å². The molecular weight excluding hydrogens is 222 g/mol. The number of hydrogen-bond acceptors (Lipinski definition) is 2. The Morgan fingerprint density at radius 2 is 1.94 bits per heavy atom. The lowest BCUT2D eigenvalue weighted by Gasteiger charge is -2.07. The van der Waals surface area contributed by atoms with Crippen molar-refractivity contribution in [1.82, 2.24) is 5.32 Å². The van der Waals surface area contributed by atoms with E-state index in [1.165, 1.54) is 24.8 Å². The van der Waals surface area contributed by atoms with Gasteiger partial charge in [0.25, 0.3) is 0 Å². The van der Waals surface area contributed by atoms with Crippen LogP contribution in [0.1, 0.15) is 45.1 Å². The summed E-state index contributed by atoms with van der Waals surface area (Å²) in [4.78, 5) is 0. The molecule has 2 unspecified atom stereocenters. The zero-order valence-electron chi connectivity index (χ0n) is 11.6. The van der Waals surface area contributed by atoms with E-state index in [4.69, 9.17) is 4.74 Å². The minimum atomic E-state index is 0.745. The number of nitrogens with one attached hydrogen (secondary N) is 1. The first-order chi connectivity index (χ1) is 8.79. The molecule has 2 nitrogen and oxygen atoms in total. The molecule has 2 heteroatoms. The van der Waals surface area contributed by atoms with E-state index >= 15 is 0 Å². The highest BCUT2D eigenvalue weighted by atomic mass is 16.5. The lowest BCUT2D eigenvalue weighted by atomic mass is 10.2. The van der Waals surface area contributed by atoms with E-state index in [1.54, 1.807) is 0 Å². The molecule has 2 atom stereocenters. The van der Waals surface area contributed by atoms with Crippen LogP contribution in [0.3, 0.4) is 0 Å². The highest BCUT2D eigenvalue weighted by molar-refractivity contribution is 5.27. The highest BCUT2D eigenvalue weighted by Crippen LogP contribution is 2.29. The van der Waals surface area contributed by atoms with Gasteiger partial charge in [-0.2, -0.15) is 0 Å². The molecule has 1 saturated carbocycles. The maximum Gasteiger partial charge on any atom is 0.119 e. The van der Waals surface area contributed by atoms with Crippen LogP contribution in [0.5, 0.6) is 5.75 Å². The molecule has 0 aromatic heterocycles. The van der Waals surface area contributed by atoms with Crippen molar-refractivity contribution in [3.8, 4) is 5.75 Å². The zero-order chi connectivity index (χ0) is 12.8.